The zero-order valence-electron chi connectivity index (χ0n) is 16.6. The Morgan fingerprint density at radius 1 is 0.679 bits per heavy atom. The van der Waals surface area contributed by atoms with Crippen molar-refractivity contribution in [3.05, 3.63) is 90.5 Å². The summed E-state index contributed by atoms with van der Waals surface area (Å²) in [4.78, 5) is 0. The van der Waals surface area contributed by atoms with E-state index in [1.54, 1.807) is 12.1 Å². The highest BCUT2D eigenvalue weighted by Gasteiger charge is 2.00. The standard InChI is InChI=1S/C14H20O.C12H10O/c1-2-3-4-5-6-7-10-13-11-8-9-12-14(13)15;13-12-9-5-4-8-11(12)10-6-2-1-3-7-10/h7-12,15H,2-6H2,1H3;1-9,13H. The quantitative estimate of drug-likeness (QED) is 0.422. The first-order valence-electron chi connectivity index (χ1n) is 10.00. The molecule has 0 unspecified atom stereocenters. The highest BCUT2D eigenvalue weighted by atomic mass is 16.3. The molecule has 0 aromatic heterocycles. The van der Waals surface area contributed by atoms with Gasteiger partial charge >= 0.3 is 0 Å². The molecule has 0 atom stereocenters. The topological polar surface area (TPSA) is 40.5 Å². The van der Waals surface area contributed by atoms with Gasteiger partial charge in [0.2, 0.25) is 0 Å². The molecular weight excluding hydrogens is 344 g/mol. The van der Waals surface area contributed by atoms with Crippen molar-refractivity contribution < 1.29 is 10.2 Å². The average molecular weight is 375 g/mol. The molecule has 0 amide bonds. The van der Waals surface area contributed by atoms with Crippen LogP contribution < -0.4 is 0 Å². The SMILES string of the molecule is CCCCCCC=Cc1ccccc1O.Oc1ccccc1-c1ccccc1. The van der Waals surface area contributed by atoms with Gasteiger partial charge in [-0.3, -0.25) is 0 Å². The van der Waals surface area contributed by atoms with E-state index < -0.39 is 0 Å². The van der Waals surface area contributed by atoms with E-state index in [9.17, 15) is 10.2 Å². The maximum Gasteiger partial charge on any atom is 0.123 e. The molecule has 2 N–H and O–H groups in total. The number of allylic oxidation sites excluding steroid dienone is 1. The third-order valence-electron chi connectivity index (χ3n) is 4.45. The Bertz CT molecular complexity index is 838. The van der Waals surface area contributed by atoms with Crippen LogP contribution in [-0.2, 0) is 0 Å². The lowest BCUT2D eigenvalue weighted by Gasteiger charge is -2.02. The van der Waals surface area contributed by atoms with Gasteiger partial charge < -0.3 is 10.2 Å². The summed E-state index contributed by atoms with van der Waals surface area (Å²) in [6.45, 7) is 2.22. The molecule has 0 aliphatic carbocycles. The summed E-state index contributed by atoms with van der Waals surface area (Å²) in [6.07, 6.45) is 10.4. The van der Waals surface area contributed by atoms with E-state index >= 15 is 0 Å². The second-order valence-electron chi connectivity index (χ2n) is 6.69. The van der Waals surface area contributed by atoms with Gasteiger partial charge in [0.1, 0.15) is 11.5 Å². The maximum absolute atomic E-state index is 9.56. The van der Waals surface area contributed by atoms with Crippen molar-refractivity contribution in [2.24, 2.45) is 0 Å². The van der Waals surface area contributed by atoms with E-state index in [4.69, 9.17) is 0 Å². The lowest BCUT2D eigenvalue weighted by atomic mass is 10.1. The number of aromatic hydroxyl groups is 2. The van der Waals surface area contributed by atoms with Crippen molar-refractivity contribution in [1.82, 2.24) is 0 Å². The number of rotatable bonds is 7. The number of phenolic OH excluding ortho intramolecular Hbond substituents is 2. The van der Waals surface area contributed by atoms with E-state index in [2.05, 4.69) is 13.0 Å². The number of phenols is 2. The van der Waals surface area contributed by atoms with Crippen LogP contribution >= 0.6 is 0 Å². The number of hydrogen-bond donors (Lipinski definition) is 2. The predicted octanol–water partition coefficient (Wildman–Crippen LogP) is 7.44. The van der Waals surface area contributed by atoms with Gasteiger partial charge in [-0.2, -0.15) is 0 Å². The minimum Gasteiger partial charge on any atom is -0.507 e. The van der Waals surface area contributed by atoms with Crippen molar-refractivity contribution in [2.45, 2.75) is 39.0 Å². The predicted molar refractivity (Wildman–Crippen MR) is 119 cm³/mol. The maximum atomic E-state index is 9.56. The first-order chi connectivity index (χ1) is 13.7. The molecule has 2 nitrogen and oxygen atoms in total. The molecule has 0 aliphatic rings. The Balaban J connectivity index is 0.000000202. The van der Waals surface area contributed by atoms with Crippen LogP contribution in [0.4, 0.5) is 0 Å². The largest absolute Gasteiger partial charge is 0.507 e. The van der Waals surface area contributed by atoms with Crippen LogP contribution in [0.3, 0.4) is 0 Å². The smallest absolute Gasteiger partial charge is 0.123 e. The normalized spacial score (nSPS) is 10.5. The van der Waals surface area contributed by atoms with E-state index in [0.29, 0.717) is 11.5 Å². The highest BCUT2D eigenvalue weighted by molar-refractivity contribution is 5.69. The first-order valence-corrected chi connectivity index (χ1v) is 10.00. The summed E-state index contributed by atoms with van der Waals surface area (Å²) in [5, 5.41) is 19.1. The number of hydrogen-bond acceptors (Lipinski definition) is 2. The van der Waals surface area contributed by atoms with Gasteiger partial charge in [-0.25, -0.2) is 0 Å². The Morgan fingerprint density at radius 3 is 2.00 bits per heavy atom. The minimum atomic E-state index is 0.328. The summed E-state index contributed by atoms with van der Waals surface area (Å²) in [5.41, 5.74) is 2.83. The molecular formula is C26H30O2. The summed E-state index contributed by atoms with van der Waals surface area (Å²) in [6, 6.07) is 24.6. The average Bonchev–Trinajstić information content (AvgIpc) is 2.73. The fourth-order valence-electron chi connectivity index (χ4n) is 2.86. The molecule has 0 aliphatic heterocycles. The van der Waals surface area contributed by atoms with E-state index in [1.165, 1.54) is 25.7 Å². The van der Waals surface area contributed by atoms with Crippen LogP contribution in [-0.4, -0.2) is 10.2 Å². The summed E-state index contributed by atoms with van der Waals surface area (Å²) >= 11 is 0. The van der Waals surface area contributed by atoms with E-state index in [-0.39, 0.29) is 0 Å². The third kappa shape index (κ3) is 7.32. The first kappa shape index (κ1) is 21.3. The van der Waals surface area contributed by atoms with E-state index in [1.807, 2.05) is 72.8 Å². The lowest BCUT2D eigenvalue weighted by molar-refractivity contribution is 0.474. The molecule has 3 aromatic rings. The Morgan fingerprint density at radius 2 is 1.32 bits per heavy atom. The minimum absolute atomic E-state index is 0.328. The molecule has 0 spiro atoms. The molecule has 0 fully saturated rings. The van der Waals surface area contributed by atoms with Crippen LogP contribution in [0, 0.1) is 0 Å². The summed E-state index contributed by atoms with van der Waals surface area (Å²) in [5.74, 6) is 0.691. The van der Waals surface area contributed by atoms with Gasteiger partial charge in [0.05, 0.1) is 0 Å². The van der Waals surface area contributed by atoms with Gasteiger partial charge in [-0.05, 0) is 30.5 Å². The monoisotopic (exact) mass is 374 g/mol. The van der Waals surface area contributed by atoms with Crippen LogP contribution in [0.15, 0.2) is 84.9 Å². The summed E-state index contributed by atoms with van der Waals surface area (Å²) < 4.78 is 0. The molecule has 0 heterocycles. The molecule has 28 heavy (non-hydrogen) atoms. The highest BCUT2D eigenvalue weighted by Crippen LogP contribution is 2.27. The van der Waals surface area contributed by atoms with E-state index in [0.717, 1.165) is 23.1 Å². The van der Waals surface area contributed by atoms with Crippen LogP contribution in [0.1, 0.15) is 44.6 Å². The van der Waals surface area contributed by atoms with Crippen LogP contribution in [0.5, 0.6) is 11.5 Å². The number of benzene rings is 3. The molecule has 0 saturated carbocycles. The van der Waals surface area contributed by atoms with Gasteiger partial charge in [-0.15, -0.1) is 0 Å². The van der Waals surface area contributed by atoms with Crippen LogP contribution in [0.25, 0.3) is 17.2 Å². The zero-order valence-corrected chi connectivity index (χ0v) is 16.6. The lowest BCUT2D eigenvalue weighted by Crippen LogP contribution is -1.76. The molecule has 0 bridgehead atoms. The molecule has 2 heteroatoms. The van der Waals surface area contributed by atoms with Gasteiger partial charge in [0, 0.05) is 11.1 Å². The Hall–Kier alpha value is -3.00. The molecule has 146 valence electrons. The molecule has 3 aromatic carbocycles. The Kier molecular flexibility index (Phi) is 9.43. The van der Waals surface area contributed by atoms with Crippen molar-refractivity contribution in [1.29, 1.82) is 0 Å². The van der Waals surface area contributed by atoms with Gasteiger partial charge in [0.25, 0.3) is 0 Å². The van der Waals surface area contributed by atoms with Gasteiger partial charge in [0.15, 0.2) is 0 Å². The van der Waals surface area contributed by atoms with Crippen molar-refractivity contribution in [2.75, 3.05) is 0 Å². The molecule has 0 saturated heterocycles. The second-order valence-corrected chi connectivity index (χ2v) is 6.69. The summed E-state index contributed by atoms with van der Waals surface area (Å²) in [7, 11) is 0. The molecule has 3 rings (SSSR count). The van der Waals surface area contributed by atoms with Crippen LogP contribution in [0.2, 0.25) is 0 Å². The van der Waals surface area contributed by atoms with Crippen molar-refractivity contribution in [3.63, 3.8) is 0 Å². The molecule has 0 radical (unpaired) electrons. The number of unbranched alkanes of at least 4 members (excludes halogenated alkanes) is 4. The van der Waals surface area contributed by atoms with Gasteiger partial charge in [-0.1, -0.05) is 105 Å². The van der Waals surface area contributed by atoms with Crippen molar-refractivity contribution >= 4 is 6.08 Å². The van der Waals surface area contributed by atoms with Crippen molar-refractivity contribution in [3.8, 4) is 22.6 Å². The zero-order chi connectivity index (χ0) is 20.0. The Labute approximate surface area is 168 Å². The third-order valence-corrected chi connectivity index (χ3v) is 4.45. The number of para-hydroxylation sites is 2. The second kappa shape index (κ2) is 12.4. The fourth-order valence-corrected chi connectivity index (χ4v) is 2.86. The fraction of sp³-hybridized carbons (Fsp3) is 0.231.